The predicted octanol–water partition coefficient (Wildman–Crippen LogP) is 3.62. The molecule has 0 bridgehead atoms. The minimum absolute atomic E-state index is 0.107. The van der Waals surface area contributed by atoms with Crippen molar-refractivity contribution >= 4 is 27.5 Å². The lowest BCUT2D eigenvalue weighted by Crippen LogP contribution is -2.45. The molecule has 0 spiro atoms. The molecule has 1 saturated heterocycles. The van der Waals surface area contributed by atoms with E-state index in [-0.39, 0.29) is 11.8 Å². The Balaban J connectivity index is 1.36. The molecular formula is C22H26BrN3O. The number of benzene rings is 2. The van der Waals surface area contributed by atoms with Crippen molar-refractivity contribution in [3.8, 4) is 0 Å². The minimum atomic E-state index is 0.107. The fourth-order valence-electron chi connectivity index (χ4n) is 3.92. The first kappa shape index (κ1) is 18.5. The number of halogens is 1. The molecule has 0 radical (unpaired) electrons. The molecule has 2 aromatic rings. The SMILES string of the molecule is CN1CCN(c2ccccc2CNC(=O)C2CC2c2cccc(Br)c2)CC1. The van der Waals surface area contributed by atoms with Crippen LogP contribution in [0.25, 0.3) is 0 Å². The number of carbonyl (C=O) groups is 1. The number of nitrogens with zero attached hydrogens (tertiary/aromatic N) is 2. The van der Waals surface area contributed by atoms with Gasteiger partial charge in [0, 0.05) is 48.8 Å². The van der Waals surface area contributed by atoms with Crippen molar-refractivity contribution in [2.45, 2.75) is 18.9 Å². The number of para-hydroxylation sites is 1. The van der Waals surface area contributed by atoms with Crippen LogP contribution >= 0.6 is 15.9 Å². The topological polar surface area (TPSA) is 35.6 Å². The van der Waals surface area contributed by atoms with E-state index < -0.39 is 0 Å². The van der Waals surface area contributed by atoms with Gasteiger partial charge < -0.3 is 15.1 Å². The highest BCUT2D eigenvalue weighted by molar-refractivity contribution is 9.10. The van der Waals surface area contributed by atoms with E-state index in [4.69, 9.17) is 0 Å². The van der Waals surface area contributed by atoms with Gasteiger partial charge in [0.2, 0.25) is 5.91 Å². The fraction of sp³-hybridized carbons (Fsp3) is 0.409. The van der Waals surface area contributed by atoms with Crippen LogP contribution in [0.5, 0.6) is 0 Å². The second kappa shape index (κ2) is 8.03. The Bertz CT molecular complexity index is 817. The molecule has 1 amide bonds. The lowest BCUT2D eigenvalue weighted by atomic mass is 10.1. The van der Waals surface area contributed by atoms with Crippen LogP contribution < -0.4 is 10.2 Å². The van der Waals surface area contributed by atoms with E-state index in [0.29, 0.717) is 12.5 Å². The summed E-state index contributed by atoms with van der Waals surface area (Å²) in [5, 5.41) is 3.18. The molecule has 5 heteroatoms. The Morgan fingerprint density at radius 2 is 1.89 bits per heavy atom. The molecule has 4 nitrogen and oxygen atoms in total. The summed E-state index contributed by atoms with van der Waals surface area (Å²) in [6.45, 7) is 4.83. The molecule has 1 N–H and O–H groups in total. The highest BCUT2D eigenvalue weighted by Gasteiger charge is 2.43. The third-order valence-electron chi connectivity index (χ3n) is 5.69. The Kier molecular flexibility index (Phi) is 5.50. The summed E-state index contributed by atoms with van der Waals surface area (Å²) < 4.78 is 1.08. The third-order valence-corrected chi connectivity index (χ3v) is 6.19. The molecule has 27 heavy (non-hydrogen) atoms. The summed E-state index contributed by atoms with van der Waals surface area (Å²) in [4.78, 5) is 17.4. The second-order valence-electron chi connectivity index (χ2n) is 7.64. The van der Waals surface area contributed by atoms with E-state index in [1.54, 1.807) is 0 Å². The first-order valence-electron chi connectivity index (χ1n) is 9.66. The highest BCUT2D eigenvalue weighted by Crippen LogP contribution is 2.48. The molecule has 2 aromatic carbocycles. The fourth-order valence-corrected chi connectivity index (χ4v) is 4.34. The van der Waals surface area contributed by atoms with Crippen molar-refractivity contribution in [2.24, 2.45) is 5.92 Å². The summed E-state index contributed by atoms with van der Waals surface area (Å²) in [6, 6.07) is 16.8. The zero-order valence-electron chi connectivity index (χ0n) is 15.7. The van der Waals surface area contributed by atoms with Gasteiger partial charge in [0.15, 0.2) is 0 Å². The Hall–Kier alpha value is -1.85. The molecular weight excluding hydrogens is 402 g/mol. The standard InChI is InChI=1S/C22H26BrN3O/c1-25-9-11-26(12-10-25)21-8-3-2-5-17(21)15-24-22(27)20-14-19(20)16-6-4-7-18(23)13-16/h2-8,13,19-20H,9-12,14-15H2,1H3,(H,24,27). The van der Waals surface area contributed by atoms with Crippen LogP contribution in [0.1, 0.15) is 23.5 Å². The number of carbonyl (C=O) groups excluding carboxylic acids is 1. The summed E-state index contributed by atoms with van der Waals surface area (Å²) >= 11 is 3.52. The first-order valence-corrected chi connectivity index (χ1v) is 10.5. The lowest BCUT2D eigenvalue weighted by molar-refractivity contribution is -0.122. The zero-order valence-corrected chi connectivity index (χ0v) is 17.3. The van der Waals surface area contributed by atoms with Crippen LogP contribution in [0.3, 0.4) is 0 Å². The van der Waals surface area contributed by atoms with Gasteiger partial charge in [0.1, 0.15) is 0 Å². The maximum Gasteiger partial charge on any atom is 0.224 e. The smallest absolute Gasteiger partial charge is 0.224 e. The molecule has 4 rings (SSSR count). The summed E-state index contributed by atoms with van der Waals surface area (Å²) in [5.41, 5.74) is 3.71. The van der Waals surface area contributed by atoms with Crippen LogP contribution in [0, 0.1) is 5.92 Å². The lowest BCUT2D eigenvalue weighted by Gasteiger charge is -2.35. The number of anilines is 1. The van der Waals surface area contributed by atoms with Crippen LogP contribution in [0.4, 0.5) is 5.69 Å². The van der Waals surface area contributed by atoms with Gasteiger partial charge in [0.25, 0.3) is 0 Å². The summed E-state index contributed by atoms with van der Waals surface area (Å²) in [6.07, 6.45) is 0.947. The average molecular weight is 428 g/mol. The van der Waals surface area contributed by atoms with Gasteiger partial charge in [-0.1, -0.05) is 46.3 Å². The molecule has 1 saturated carbocycles. The van der Waals surface area contributed by atoms with E-state index in [2.05, 4.69) is 74.5 Å². The maximum absolute atomic E-state index is 12.6. The van der Waals surface area contributed by atoms with Gasteiger partial charge in [-0.2, -0.15) is 0 Å². The zero-order chi connectivity index (χ0) is 18.8. The van der Waals surface area contributed by atoms with Crippen molar-refractivity contribution < 1.29 is 4.79 Å². The Morgan fingerprint density at radius 3 is 2.67 bits per heavy atom. The monoisotopic (exact) mass is 427 g/mol. The normalized spacial score (nSPS) is 22.5. The molecule has 0 aromatic heterocycles. The predicted molar refractivity (Wildman–Crippen MR) is 113 cm³/mol. The van der Waals surface area contributed by atoms with Gasteiger partial charge >= 0.3 is 0 Å². The number of hydrogen-bond donors (Lipinski definition) is 1. The molecule has 1 heterocycles. The third kappa shape index (κ3) is 4.36. The molecule has 2 atom stereocenters. The molecule has 2 fully saturated rings. The van der Waals surface area contributed by atoms with Crippen molar-refractivity contribution in [3.05, 3.63) is 64.1 Å². The number of amides is 1. The van der Waals surface area contributed by atoms with E-state index >= 15 is 0 Å². The van der Waals surface area contributed by atoms with Gasteiger partial charge in [-0.15, -0.1) is 0 Å². The molecule has 1 aliphatic carbocycles. The Labute approximate surface area is 169 Å². The number of piperazine rings is 1. The van der Waals surface area contributed by atoms with Crippen LogP contribution in [0.2, 0.25) is 0 Å². The van der Waals surface area contributed by atoms with Crippen LogP contribution in [-0.4, -0.2) is 44.0 Å². The Morgan fingerprint density at radius 1 is 1.11 bits per heavy atom. The van der Waals surface area contributed by atoms with Crippen LogP contribution in [-0.2, 0) is 11.3 Å². The van der Waals surface area contributed by atoms with E-state index in [9.17, 15) is 4.79 Å². The number of nitrogens with one attached hydrogen (secondary N) is 1. The number of likely N-dealkylation sites (N-methyl/N-ethyl adjacent to an activating group) is 1. The largest absolute Gasteiger partial charge is 0.369 e. The van der Waals surface area contributed by atoms with E-state index in [1.165, 1.54) is 16.8 Å². The minimum Gasteiger partial charge on any atom is -0.369 e. The average Bonchev–Trinajstić information content (AvgIpc) is 3.48. The number of hydrogen-bond acceptors (Lipinski definition) is 3. The van der Waals surface area contributed by atoms with Crippen molar-refractivity contribution in [1.29, 1.82) is 0 Å². The molecule has 142 valence electrons. The van der Waals surface area contributed by atoms with Crippen molar-refractivity contribution in [2.75, 3.05) is 38.1 Å². The van der Waals surface area contributed by atoms with Gasteiger partial charge in [-0.3, -0.25) is 4.79 Å². The number of rotatable bonds is 5. The van der Waals surface area contributed by atoms with E-state index in [0.717, 1.165) is 37.1 Å². The molecule has 1 aliphatic heterocycles. The molecule has 2 unspecified atom stereocenters. The quantitative estimate of drug-likeness (QED) is 0.791. The summed E-state index contributed by atoms with van der Waals surface area (Å²) in [7, 11) is 2.17. The maximum atomic E-state index is 12.6. The van der Waals surface area contributed by atoms with Crippen LogP contribution in [0.15, 0.2) is 53.0 Å². The highest BCUT2D eigenvalue weighted by atomic mass is 79.9. The summed E-state index contributed by atoms with van der Waals surface area (Å²) in [5.74, 6) is 0.638. The second-order valence-corrected chi connectivity index (χ2v) is 8.56. The molecule has 2 aliphatic rings. The van der Waals surface area contributed by atoms with Gasteiger partial charge in [-0.25, -0.2) is 0 Å². The van der Waals surface area contributed by atoms with Crippen molar-refractivity contribution in [3.63, 3.8) is 0 Å². The van der Waals surface area contributed by atoms with Crippen molar-refractivity contribution in [1.82, 2.24) is 10.2 Å². The van der Waals surface area contributed by atoms with E-state index in [1.807, 2.05) is 12.1 Å². The van der Waals surface area contributed by atoms with Gasteiger partial charge in [0.05, 0.1) is 0 Å². The first-order chi connectivity index (χ1) is 13.1. The van der Waals surface area contributed by atoms with Gasteiger partial charge in [-0.05, 0) is 48.7 Å².